The minimum absolute atomic E-state index is 0.0767. The Morgan fingerprint density at radius 1 is 1.50 bits per heavy atom. The van der Waals surface area contributed by atoms with Gasteiger partial charge >= 0.3 is 0 Å². The van der Waals surface area contributed by atoms with Crippen molar-refractivity contribution in [2.24, 2.45) is 5.92 Å². The van der Waals surface area contributed by atoms with Crippen LogP contribution in [0, 0.1) is 5.92 Å². The van der Waals surface area contributed by atoms with Crippen molar-refractivity contribution < 1.29 is 14.1 Å². The van der Waals surface area contributed by atoms with Gasteiger partial charge in [0.25, 0.3) is 5.91 Å². The number of nitrogens with zero attached hydrogens (tertiary/aromatic N) is 1. The lowest BCUT2D eigenvalue weighted by Crippen LogP contribution is -2.55. The zero-order valence-corrected chi connectivity index (χ0v) is 14.4. The van der Waals surface area contributed by atoms with E-state index in [2.05, 4.69) is 16.6 Å². The van der Waals surface area contributed by atoms with Crippen LogP contribution in [-0.2, 0) is 20.6 Å². The molecule has 3 fully saturated rings. The van der Waals surface area contributed by atoms with E-state index in [1.165, 1.54) is 0 Å². The van der Waals surface area contributed by atoms with Gasteiger partial charge in [0.05, 0.1) is 17.0 Å². The van der Waals surface area contributed by atoms with Crippen molar-refractivity contribution in [3.63, 3.8) is 0 Å². The van der Waals surface area contributed by atoms with Gasteiger partial charge in [0.1, 0.15) is 12.7 Å². The van der Waals surface area contributed by atoms with Crippen molar-refractivity contribution in [1.29, 1.82) is 0 Å². The van der Waals surface area contributed by atoms with Crippen LogP contribution in [0.1, 0.15) is 19.3 Å². The first kappa shape index (κ1) is 16.2. The zero-order valence-electron chi connectivity index (χ0n) is 12.7. The maximum atomic E-state index is 12.5. The zero-order chi connectivity index (χ0) is 15.9. The number of likely N-dealkylation sites (N-methyl/N-ethyl adjacent to an activating group) is 1. The molecule has 8 heteroatoms. The second-order valence-corrected chi connectivity index (χ2v) is 11.4. The summed E-state index contributed by atoms with van der Waals surface area (Å²) in [5, 5.41) is 2.91. The second-order valence-electron chi connectivity index (χ2n) is 6.25. The number of likely N-dealkylation sites (tertiary alicyclic amines) is 1. The van der Waals surface area contributed by atoms with Crippen molar-refractivity contribution in [3.8, 4) is 0 Å². The van der Waals surface area contributed by atoms with Crippen molar-refractivity contribution in [2.45, 2.75) is 30.8 Å². The van der Waals surface area contributed by atoms with Gasteiger partial charge in [-0.1, -0.05) is 6.08 Å². The molecule has 1 saturated carbocycles. The predicted molar refractivity (Wildman–Crippen MR) is 87.8 cm³/mol. The topological polar surface area (TPSA) is 84.5 Å². The molecule has 0 bridgehead atoms. The molecule has 122 valence electrons. The molecule has 22 heavy (non-hydrogen) atoms. The van der Waals surface area contributed by atoms with Gasteiger partial charge in [0.2, 0.25) is 5.91 Å². The Kier molecular flexibility index (Phi) is 4.52. The molecule has 1 aliphatic carbocycles. The number of amides is 2. The Morgan fingerprint density at radius 3 is 2.73 bits per heavy atom. The van der Waals surface area contributed by atoms with Gasteiger partial charge in [-0.25, -0.2) is 0 Å². The molecule has 4 atom stereocenters. The highest BCUT2D eigenvalue weighted by atomic mass is 32.8. The Labute approximate surface area is 134 Å². The lowest BCUT2D eigenvalue weighted by Gasteiger charge is -2.24. The minimum atomic E-state index is -1.27. The van der Waals surface area contributed by atoms with E-state index >= 15 is 0 Å². The van der Waals surface area contributed by atoms with E-state index in [4.69, 9.17) is 0 Å². The number of hydrogen-bond donors (Lipinski definition) is 2. The quantitative estimate of drug-likeness (QED) is 0.414. The molecule has 2 N–H and O–H groups in total. The average molecular weight is 343 g/mol. The van der Waals surface area contributed by atoms with E-state index < -0.39 is 23.6 Å². The Balaban J connectivity index is 1.65. The van der Waals surface area contributed by atoms with E-state index in [9.17, 15) is 14.1 Å². The molecular formula is C14H22N3O3PS. The smallest absolute Gasteiger partial charge is 0.287 e. The second kappa shape index (κ2) is 6.11. The number of carbonyl (C=O) groups is 2. The summed E-state index contributed by atoms with van der Waals surface area (Å²) in [4.78, 5) is 27.0. The summed E-state index contributed by atoms with van der Waals surface area (Å²) >= 11 is 0. The van der Waals surface area contributed by atoms with Crippen LogP contribution in [0.4, 0.5) is 0 Å². The Hall–Kier alpha value is -0.620. The van der Waals surface area contributed by atoms with Gasteiger partial charge < -0.3 is 9.87 Å². The lowest BCUT2D eigenvalue weighted by atomic mass is 10.1. The third kappa shape index (κ3) is 3.04. The highest BCUT2D eigenvalue weighted by Crippen LogP contribution is 2.56. The maximum Gasteiger partial charge on any atom is 0.287 e. The number of nitrogens with one attached hydrogen (secondary N) is 2. The Morgan fingerprint density at radius 2 is 2.23 bits per heavy atom. The summed E-state index contributed by atoms with van der Waals surface area (Å²) in [6.07, 6.45) is 5.96. The number of carbonyl (C=O) groups excluding carboxylic acids is 2. The number of rotatable bonds is 6. The normalized spacial score (nSPS) is 35.7. The fraction of sp³-hybridized carbons (Fsp3) is 0.714. The molecule has 3 rings (SSSR count). The van der Waals surface area contributed by atoms with Crippen LogP contribution < -0.4 is 10.0 Å². The molecule has 2 heterocycles. The van der Waals surface area contributed by atoms with Gasteiger partial charge in [0.15, 0.2) is 0 Å². The van der Waals surface area contributed by atoms with E-state index in [1.54, 1.807) is 6.08 Å². The highest BCUT2D eigenvalue weighted by Gasteiger charge is 2.61. The molecule has 4 unspecified atom stereocenters. The van der Waals surface area contributed by atoms with Gasteiger partial charge in [0, 0.05) is 18.2 Å². The molecule has 2 saturated heterocycles. The van der Waals surface area contributed by atoms with Crippen LogP contribution in [0.15, 0.2) is 12.7 Å². The van der Waals surface area contributed by atoms with Crippen LogP contribution >= 0.6 is 7.12 Å². The fourth-order valence-electron chi connectivity index (χ4n) is 3.02. The molecule has 6 nitrogen and oxygen atoms in total. The third-order valence-corrected chi connectivity index (χ3v) is 9.11. The standard InChI is InChI=1S/C14H22N3O3PS/c1-3-10-9-14(10,13(19)16-22(20)21-7-8-21)15-12(18)11-5-4-6-17(11)2/h3,10-11H,1,4-9H2,2H3,(H,15,18)(H,16,19). The largest absolute Gasteiger partial charge is 0.591 e. The van der Waals surface area contributed by atoms with Crippen molar-refractivity contribution in [2.75, 3.05) is 25.9 Å². The summed E-state index contributed by atoms with van der Waals surface area (Å²) in [6.45, 7) is 4.63. The summed E-state index contributed by atoms with van der Waals surface area (Å²) in [6, 6.07) is -0.172. The minimum Gasteiger partial charge on any atom is -0.591 e. The molecular weight excluding hydrogens is 321 g/mol. The molecule has 0 aromatic carbocycles. The van der Waals surface area contributed by atoms with Crippen LogP contribution in [0.2, 0.25) is 0 Å². The fourth-order valence-corrected chi connectivity index (χ4v) is 6.51. The van der Waals surface area contributed by atoms with E-state index in [-0.39, 0.29) is 23.8 Å². The monoisotopic (exact) mass is 343 g/mol. The molecule has 3 aliphatic rings. The van der Waals surface area contributed by atoms with Crippen molar-refractivity contribution in [3.05, 3.63) is 12.7 Å². The van der Waals surface area contributed by atoms with Crippen LogP contribution in [0.3, 0.4) is 0 Å². The summed E-state index contributed by atoms with van der Waals surface area (Å²) < 4.78 is 14.5. The van der Waals surface area contributed by atoms with E-state index in [0.717, 1.165) is 31.7 Å². The van der Waals surface area contributed by atoms with Crippen molar-refractivity contribution >= 4 is 29.9 Å². The third-order valence-electron chi connectivity index (χ3n) is 4.69. The molecule has 0 aromatic heterocycles. The van der Waals surface area contributed by atoms with Crippen LogP contribution in [0.25, 0.3) is 0 Å². The molecule has 2 amide bonds. The highest BCUT2D eigenvalue weighted by molar-refractivity contribution is 8.51. The van der Waals surface area contributed by atoms with Crippen LogP contribution in [0.5, 0.6) is 0 Å². The van der Waals surface area contributed by atoms with Crippen LogP contribution in [-0.4, -0.2) is 58.8 Å². The first-order valence-electron chi connectivity index (χ1n) is 7.60. The Bertz CT molecular complexity index is 502. The van der Waals surface area contributed by atoms with E-state index in [1.807, 2.05) is 11.9 Å². The van der Waals surface area contributed by atoms with Crippen molar-refractivity contribution in [1.82, 2.24) is 14.9 Å². The maximum absolute atomic E-state index is 12.5. The first-order chi connectivity index (χ1) is 10.5. The number of hydrogen-bond acceptors (Lipinski definition) is 4. The van der Waals surface area contributed by atoms with Gasteiger partial charge in [-0.15, -0.1) is 6.58 Å². The summed E-state index contributed by atoms with van der Waals surface area (Å²) in [7, 11) is 0.130. The molecule has 2 aliphatic heterocycles. The summed E-state index contributed by atoms with van der Waals surface area (Å²) in [5.41, 5.74) is -0.941. The molecule has 0 spiro atoms. The predicted octanol–water partition coefficient (Wildman–Crippen LogP) is 0.332. The lowest BCUT2D eigenvalue weighted by molar-refractivity contribution is -0.131. The summed E-state index contributed by atoms with van der Waals surface area (Å²) in [5.74, 6) is -0.506. The van der Waals surface area contributed by atoms with Gasteiger partial charge in [-0.2, -0.15) is 4.72 Å². The molecule has 0 radical (unpaired) electrons. The molecule has 0 aromatic rings. The van der Waals surface area contributed by atoms with Gasteiger partial charge in [-0.3, -0.25) is 14.5 Å². The first-order valence-corrected chi connectivity index (χ1v) is 11.1. The average Bonchev–Trinajstić information content (AvgIpc) is 3.38. The van der Waals surface area contributed by atoms with E-state index in [0.29, 0.717) is 6.42 Å². The van der Waals surface area contributed by atoms with Gasteiger partial charge in [-0.05, 0) is 32.9 Å². The SMILES string of the molecule is C=CC1CC1(NC(=O)C1CCCN1C)C(=O)N[S+]([O-])P1CC1.